The summed E-state index contributed by atoms with van der Waals surface area (Å²) in [5.74, 6) is 1.32. The number of fused-ring (bicyclic) bond motifs is 3. The fourth-order valence-corrected chi connectivity index (χ4v) is 4.33. The standard InChI is InChI=1S/C22H29N5/c1-15-6-7-20-18(10-15)19-14-26(5)9-8-21(19)27(20)13-16(2)17-11-23-22(24-12-17)25(3)4/h6-7,10-13,19,21H,8-9,14H2,1-5H3/b16-13-. The third kappa shape index (κ3) is 3.32. The predicted molar refractivity (Wildman–Crippen MR) is 112 cm³/mol. The first-order chi connectivity index (χ1) is 12.9. The van der Waals surface area contributed by atoms with Crippen LogP contribution in [0.5, 0.6) is 0 Å². The Hall–Kier alpha value is -2.40. The number of benzene rings is 1. The van der Waals surface area contributed by atoms with E-state index >= 15 is 0 Å². The van der Waals surface area contributed by atoms with Crippen molar-refractivity contribution in [2.45, 2.75) is 32.2 Å². The van der Waals surface area contributed by atoms with E-state index in [1.165, 1.54) is 28.8 Å². The zero-order valence-corrected chi connectivity index (χ0v) is 17.0. The molecule has 0 saturated carbocycles. The zero-order chi connectivity index (χ0) is 19.1. The van der Waals surface area contributed by atoms with Crippen LogP contribution in [-0.4, -0.2) is 55.1 Å². The molecule has 3 heterocycles. The maximum absolute atomic E-state index is 4.47. The molecule has 1 saturated heterocycles. The molecular formula is C22H29N5. The van der Waals surface area contributed by atoms with Gasteiger partial charge in [0.2, 0.25) is 5.95 Å². The number of anilines is 2. The van der Waals surface area contributed by atoms with E-state index in [9.17, 15) is 0 Å². The molecule has 1 fully saturated rings. The number of allylic oxidation sites excluding steroid dienone is 1. The third-order valence-corrected chi connectivity index (χ3v) is 5.82. The first kappa shape index (κ1) is 18.0. The van der Waals surface area contributed by atoms with Gasteiger partial charge in [0.15, 0.2) is 0 Å². The number of nitrogens with zero attached hydrogens (tertiary/aromatic N) is 5. The molecule has 142 valence electrons. The highest BCUT2D eigenvalue weighted by Crippen LogP contribution is 2.45. The highest BCUT2D eigenvalue weighted by Gasteiger charge is 2.40. The largest absolute Gasteiger partial charge is 0.347 e. The van der Waals surface area contributed by atoms with Crippen LogP contribution in [0.25, 0.3) is 5.57 Å². The van der Waals surface area contributed by atoms with Gasteiger partial charge < -0.3 is 14.7 Å². The van der Waals surface area contributed by atoms with Gasteiger partial charge in [0.05, 0.1) is 0 Å². The second kappa shape index (κ2) is 6.97. The quantitative estimate of drug-likeness (QED) is 0.834. The van der Waals surface area contributed by atoms with E-state index in [-0.39, 0.29) is 0 Å². The smallest absolute Gasteiger partial charge is 0.224 e. The molecule has 5 nitrogen and oxygen atoms in total. The van der Waals surface area contributed by atoms with Crippen molar-refractivity contribution in [3.8, 4) is 0 Å². The van der Waals surface area contributed by atoms with Gasteiger partial charge in [-0.3, -0.25) is 0 Å². The molecule has 0 N–H and O–H groups in total. The Labute approximate surface area is 162 Å². The van der Waals surface area contributed by atoms with Crippen molar-refractivity contribution >= 4 is 17.2 Å². The summed E-state index contributed by atoms with van der Waals surface area (Å²) in [6, 6.07) is 7.43. The van der Waals surface area contributed by atoms with Crippen molar-refractivity contribution in [1.29, 1.82) is 0 Å². The van der Waals surface area contributed by atoms with E-state index in [1.54, 1.807) is 0 Å². The van der Waals surface area contributed by atoms with Crippen LogP contribution in [0.4, 0.5) is 11.6 Å². The Kier molecular flexibility index (Phi) is 4.64. The normalized spacial score (nSPS) is 22.6. The molecule has 2 aliphatic rings. The van der Waals surface area contributed by atoms with Crippen molar-refractivity contribution in [1.82, 2.24) is 14.9 Å². The average Bonchev–Trinajstić information content (AvgIpc) is 2.94. The molecule has 1 aromatic heterocycles. The Bertz CT molecular complexity index is 856. The van der Waals surface area contributed by atoms with Gasteiger partial charge in [0, 0.05) is 62.4 Å². The molecule has 0 spiro atoms. The Morgan fingerprint density at radius 2 is 1.96 bits per heavy atom. The summed E-state index contributed by atoms with van der Waals surface area (Å²) in [6.45, 7) is 6.63. The topological polar surface area (TPSA) is 35.5 Å². The van der Waals surface area contributed by atoms with Crippen LogP contribution >= 0.6 is 0 Å². The molecule has 2 atom stereocenters. The first-order valence-corrected chi connectivity index (χ1v) is 9.69. The summed E-state index contributed by atoms with van der Waals surface area (Å²) < 4.78 is 0. The van der Waals surface area contributed by atoms with Crippen LogP contribution in [0.2, 0.25) is 0 Å². The van der Waals surface area contributed by atoms with Crippen molar-refractivity contribution in [2.75, 3.05) is 44.0 Å². The SMILES string of the molecule is C/C(=C/N1c2ccc(C)cc2C2CN(C)CCC21)c1cnc(N(C)C)nc1. The minimum atomic E-state index is 0.537. The summed E-state index contributed by atoms with van der Waals surface area (Å²) in [5, 5.41) is 0. The number of likely N-dealkylation sites (N-methyl/N-ethyl adjacent to an activating group) is 1. The maximum Gasteiger partial charge on any atom is 0.224 e. The number of likely N-dealkylation sites (tertiary alicyclic amines) is 1. The van der Waals surface area contributed by atoms with Gasteiger partial charge in [-0.25, -0.2) is 9.97 Å². The lowest BCUT2D eigenvalue weighted by atomic mass is 9.89. The van der Waals surface area contributed by atoms with Crippen molar-refractivity contribution in [3.05, 3.63) is 53.5 Å². The molecule has 2 unspecified atom stereocenters. The van der Waals surface area contributed by atoms with Crippen LogP contribution < -0.4 is 9.80 Å². The van der Waals surface area contributed by atoms with E-state index < -0.39 is 0 Å². The summed E-state index contributed by atoms with van der Waals surface area (Å²) in [5.41, 5.74) is 6.47. The minimum Gasteiger partial charge on any atom is -0.347 e. The fraction of sp³-hybridized carbons (Fsp3) is 0.455. The van der Waals surface area contributed by atoms with E-state index in [1.807, 2.05) is 31.4 Å². The Morgan fingerprint density at radius 1 is 1.22 bits per heavy atom. The van der Waals surface area contributed by atoms with Gasteiger partial charge in [-0.2, -0.15) is 0 Å². The highest BCUT2D eigenvalue weighted by atomic mass is 15.2. The molecule has 2 aliphatic heterocycles. The molecule has 5 heteroatoms. The molecule has 0 bridgehead atoms. The molecule has 0 radical (unpaired) electrons. The van der Waals surface area contributed by atoms with Gasteiger partial charge in [-0.1, -0.05) is 17.7 Å². The predicted octanol–water partition coefficient (Wildman–Crippen LogP) is 3.52. The monoisotopic (exact) mass is 363 g/mol. The lowest BCUT2D eigenvalue weighted by molar-refractivity contribution is 0.235. The second-order valence-corrected chi connectivity index (χ2v) is 8.17. The van der Waals surface area contributed by atoms with Gasteiger partial charge in [-0.15, -0.1) is 0 Å². The lowest BCUT2D eigenvalue weighted by Crippen LogP contribution is -2.43. The van der Waals surface area contributed by atoms with E-state index in [2.05, 4.69) is 65.1 Å². The van der Waals surface area contributed by atoms with E-state index in [4.69, 9.17) is 0 Å². The molecule has 4 rings (SSSR count). The Balaban J connectivity index is 1.69. The zero-order valence-electron chi connectivity index (χ0n) is 17.0. The van der Waals surface area contributed by atoms with Crippen LogP contribution in [0.1, 0.15) is 36.0 Å². The van der Waals surface area contributed by atoms with Gasteiger partial charge in [-0.05, 0) is 51.1 Å². The van der Waals surface area contributed by atoms with Crippen LogP contribution in [0.15, 0.2) is 36.8 Å². The van der Waals surface area contributed by atoms with E-state index in [0.29, 0.717) is 12.0 Å². The number of aromatic nitrogens is 2. The van der Waals surface area contributed by atoms with Crippen molar-refractivity contribution < 1.29 is 0 Å². The summed E-state index contributed by atoms with van der Waals surface area (Å²) in [6.07, 6.45) is 7.34. The number of aryl methyl sites for hydroxylation is 1. The van der Waals surface area contributed by atoms with Crippen LogP contribution in [0.3, 0.4) is 0 Å². The third-order valence-electron chi connectivity index (χ3n) is 5.82. The van der Waals surface area contributed by atoms with Gasteiger partial charge in [0.25, 0.3) is 0 Å². The fourth-order valence-electron chi connectivity index (χ4n) is 4.33. The average molecular weight is 364 g/mol. The van der Waals surface area contributed by atoms with E-state index in [0.717, 1.165) is 24.6 Å². The summed E-state index contributed by atoms with van der Waals surface area (Å²) >= 11 is 0. The molecular weight excluding hydrogens is 334 g/mol. The molecule has 0 amide bonds. The summed E-state index contributed by atoms with van der Waals surface area (Å²) in [7, 11) is 6.15. The van der Waals surface area contributed by atoms with Crippen molar-refractivity contribution in [2.24, 2.45) is 0 Å². The second-order valence-electron chi connectivity index (χ2n) is 8.17. The number of hydrogen-bond acceptors (Lipinski definition) is 5. The first-order valence-electron chi connectivity index (χ1n) is 9.69. The van der Waals surface area contributed by atoms with Crippen LogP contribution in [0, 0.1) is 6.92 Å². The highest BCUT2D eigenvalue weighted by molar-refractivity contribution is 5.72. The molecule has 0 aliphatic carbocycles. The molecule has 2 aromatic rings. The van der Waals surface area contributed by atoms with Gasteiger partial charge in [0.1, 0.15) is 0 Å². The minimum absolute atomic E-state index is 0.537. The Morgan fingerprint density at radius 3 is 2.67 bits per heavy atom. The number of hydrogen-bond donors (Lipinski definition) is 0. The maximum atomic E-state index is 4.47. The van der Waals surface area contributed by atoms with Gasteiger partial charge >= 0.3 is 0 Å². The summed E-state index contributed by atoms with van der Waals surface area (Å²) in [4.78, 5) is 15.8. The lowest BCUT2D eigenvalue weighted by Gasteiger charge is -2.36. The molecule has 1 aromatic carbocycles. The number of rotatable bonds is 3. The van der Waals surface area contributed by atoms with Crippen molar-refractivity contribution in [3.63, 3.8) is 0 Å². The number of piperidine rings is 1. The molecule has 27 heavy (non-hydrogen) atoms. The van der Waals surface area contributed by atoms with Crippen LogP contribution in [-0.2, 0) is 0 Å².